The summed E-state index contributed by atoms with van der Waals surface area (Å²) in [4.78, 5) is 11.7. The van der Waals surface area contributed by atoms with Crippen molar-refractivity contribution in [3.63, 3.8) is 0 Å². The molecule has 0 saturated carbocycles. The third kappa shape index (κ3) is 3.90. The van der Waals surface area contributed by atoms with Gasteiger partial charge in [-0.2, -0.15) is 17.5 Å². The van der Waals surface area contributed by atoms with Crippen molar-refractivity contribution in [3.8, 4) is 5.75 Å². The lowest BCUT2D eigenvalue weighted by atomic mass is 10.1. The SMILES string of the molecule is O=C(CCC(F)(F)F)N[C@H]1C[C@H]2COc3ccccc3S(=O)(=O)N2C1. The molecule has 1 aromatic rings. The van der Waals surface area contributed by atoms with Gasteiger partial charge in [0.2, 0.25) is 15.9 Å². The van der Waals surface area contributed by atoms with Crippen LogP contribution in [0.4, 0.5) is 13.2 Å². The molecule has 0 bridgehead atoms. The van der Waals surface area contributed by atoms with Crippen LogP contribution in [0.2, 0.25) is 0 Å². The van der Waals surface area contributed by atoms with Crippen LogP contribution in [0.25, 0.3) is 0 Å². The Kier molecular flexibility index (Phi) is 4.67. The molecule has 25 heavy (non-hydrogen) atoms. The fourth-order valence-electron chi connectivity index (χ4n) is 3.09. The number of ether oxygens (including phenoxy) is 1. The number of carbonyl (C=O) groups excluding carboxylic acids is 1. The standard InChI is InChI=1S/C15H17F3N2O4S/c16-15(17,18)6-5-14(21)19-10-7-11-9-24-12-3-1-2-4-13(12)25(22,23)20(11)8-10/h1-4,10-11H,5-9H2,(H,19,21)/t10-,11-/m0/s1. The van der Waals surface area contributed by atoms with Gasteiger partial charge in [-0.25, -0.2) is 8.42 Å². The van der Waals surface area contributed by atoms with Gasteiger partial charge in [0.05, 0.1) is 12.5 Å². The predicted octanol–water partition coefficient (Wildman–Crippen LogP) is 1.67. The molecule has 2 atom stereocenters. The third-order valence-electron chi connectivity index (χ3n) is 4.23. The van der Waals surface area contributed by atoms with Gasteiger partial charge < -0.3 is 10.1 Å². The quantitative estimate of drug-likeness (QED) is 0.868. The highest BCUT2D eigenvalue weighted by atomic mass is 32.2. The number of sulfonamides is 1. The van der Waals surface area contributed by atoms with Crippen LogP contribution in [0.15, 0.2) is 29.2 Å². The van der Waals surface area contributed by atoms with Crippen LogP contribution in [0.3, 0.4) is 0 Å². The van der Waals surface area contributed by atoms with Crippen molar-refractivity contribution in [3.05, 3.63) is 24.3 Å². The summed E-state index contributed by atoms with van der Waals surface area (Å²) in [6.07, 6.45) is -5.97. The minimum Gasteiger partial charge on any atom is -0.490 e. The summed E-state index contributed by atoms with van der Waals surface area (Å²) in [6, 6.07) is 5.29. The van der Waals surface area contributed by atoms with Gasteiger partial charge in [-0.1, -0.05) is 12.1 Å². The van der Waals surface area contributed by atoms with Gasteiger partial charge in [-0.3, -0.25) is 4.79 Å². The van der Waals surface area contributed by atoms with Gasteiger partial charge in [0.25, 0.3) is 0 Å². The van der Waals surface area contributed by atoms with Gasteiger partial charge in [-0.05, 0) is 18.6 Å². The first-order valence-electron chi connectivity index (χ1n) is 7.76. The molecule has 0 aliphatic carbocycles. The first-order valence-corrected chi connectivity index (χ1v) is 9.20. The number of hydrogen-bond donors (Lipinski definition) is 1. The monoisotopic (exact) mass is 378 g/mol. The fraction of sp³-hybridized carbons (Fsp3) is 0.533. The molecule has 1 N–H and O–H groups in total. The molecular weight excluding hydrogens is 361 g/mol. The van der Waals surface area contributed by atoms with Gasteiger partial charge >= 0.3 is 6.18 Å². The smallest absolute Gasteiger partial charge is 0.389 e. The van der Waals surface area contributed by atoms with Crippen LogP contribution < -0.4 is 10.1 Å². The van der Waals surface area contributed by atoms with E-state index in [4.69, 9.17) is 4.74 Å². The van der Waals surface area contributed by atoms with E-state index in [-0.39, 0.29) is 23.8 Å². The Bertz CT molecular complexity index is 766. The molecule has 0 spiro atoms. The molecule has 1 saturated heterocycles. The molecule has 0 radical (unpaired) electrons. The summed E-state index contributed by atoms with van der Waals surface area (Å²) >= 11 is 0. The van der Waals surface area contributed by atoms with E-state index in [0.29, 0.717) is 6.42 Å². The van der Waals surface area contributed by atoms with Crippen molar-refractivity contribution in [2.24, 2.45) is 0 Å². The molecule has 2 aliphatic rings. The minimum absolute atomic E-state index is 0.0163. The number of hydrogen-bond acceptors (Lipinski definition) is 4. The largest absolute Gasteiger partial charge is 0.490 e. The number of benzene rings is 1. The number of amides is 1. The van der Waals surface area contributed by atoms with Crippen molar-refractivity contribution in [1.29, 1.82) is 0 Å². The number of para-hydroxylation sites is 1. The Morgan fingerprint density at radius 3 is 2.76 bits per heavy atom. The molecule has 0 aromatic heterocycles. The molecule has 1 aromatic carbocycles. The topological polar surface area (TPSA) is 75.7 Å². The Hall–Kier alpha value is -1.81. The molecule has 3 rings (SSSR count). The van der Waals surface area contributed by atoms with Crippen LogP contribution in [-0.2, 0) is 14.8 Å². The molecule has 2 aliphatic heterocycles. The zero-order valence-corrected chi connectivity index (χ0v) is 13.9. The van der Waals surface area contributed by atoms with Gasteiger partial charge in [0, 0.05) is 19.0 Å². The zero-order valence-electron chi connectivity index (χ0n) is 13.1. The Morgan fingerprint density at radius 2 is 2.04 bits per heavy atom. The lowest BCUT2D eigenvalue weighted by molar-refractivity contribution is -0.144. The summed E-state index contributed by atoms with van der Waals surface area (Å²) < 4.78 is 68.9. The number of carbonyl (C=O) groups is 1. The Morgan fingerprint density at radius 1 is 1.32 bits per heavy atom. The molecule has 1 fully saturated rings. The highest BCUT2D eigenvalue weighted by Gasteiger charge is 2.44. The van der Waals surface area contributed by atoms with Crippen molar-refractivity contribution in [2.75, 3.05) is 13.2 Å². The van der Waals surface area contributed by atoms with Gasteiger partial charge in [-0.15, -0.1) is 0 Å². The normalized spacial score (nSPS) is 25.4. The van der Waals surface area contributed by atoms with E-state index in [9.17, 15) is 26.4 Å². The number of alkyl halides is 3. The average molecular weight is 378 g/mol. The van der Waals surface area contributed by atoms with Crippen LogP contribution in [-0.4, -0.2) is 50.0 Å². The fourth-order valence-corrected chi connectivity index (χ4v) is 4.89. The van der Waals surface area contributed by atoms with Crippen molar-refractivity contribution >= 4 is 15.9 Å². The van der Waals surface area contributed by atoms with E-state index in [0.717, 1.165) is 0 Å². The maximum atomic E-state index is 12.8. The summed E-state index contributed by atoms with van der Waals surface area (Å²) in [5.41, 5.74) is 0. The van der Waals surface area contributed by atoms with Crippen LogP contribution in [0, 0.1) is 0 Å². The molecule has 2 heterocycles. The molecule has 138 valence electrons. The number of nitrogens with zero attached hydrogens (tertiary/aromatic N) is 1. The van der Waals surface area contributed by atoms with Gasteiger partial charge in [0.1, 0.15) is 17.3 Å². The maximum absolute atomic E-state index is 12.8. The molecule has 6 nitrogen and oxygen atoms in total. The van der Waals surface area contributed by atoms with Crippen LogP contribution in [0.5, 0.6) is 5.75 Å². The van der Waals surface area contributed by atoms with E-state index in [2.05, 4.69) is 5.32 Å². The Labute approximate surface area is 143 Å². The number of halogens is 3. The molecule has 0 unspecified atom stereocenters. The third-order valence-corrected chi connectivity index (χ3v) is 6.19. The number of fused-ring (bicyclic) bond motifs is 2. The second kappa shape index (κ2) is 6.49. The zero-order chi connectivity index (χ0) is 18.2. The number of rotatable bonds is 3. The Balaban J connectivity index is 1.69. The van der Waals surface area contributed by atoms with Crippen molar-refractivity contribution < 1.29 is 31.1 Å². The summed E-state index contributed by atoms with van der Waals surface area (Å²) in [6.45, 7) is 0.146. The molecular formula is C15H17F3N2O4S. The van der Waals surface area contributed by atoms with E-state index in [1.54, 1.807) is 18.2 Å². The summed E-state index contributed by atoms with van der Waals surface area (Å²) in [7, 11) is -3.78. The molecule has 1 amide bonds. The first kappa shape index (κ1) is 18.0. The highest BCUT2D eigenvalue weighted by molar-refractivity contribution is 7.89. The first-order chi connectivity index (χ1) is 11.7. The van der Waals surface area contributed by atoms with Crippen LogP contribution in [0.1, 0.15) is 19.3 Å². The summed E-state index contributed by atoms with van der Waals surface area (Å²) in [5, 5.41) is 2.49. The number of nitrogens with one attached hydrogen (secondary N) is 1. The van der Waals surface area contributed by atoms with E-state index in [1.165, 1.54) is 10.4 Å². The second-order valence-electron chi connectivity index (χ2n) is 6.10. The van der Waals surface area contributed by atoms with E-state index in [1.807, 2.05) is 0 Å². The second-order valence-corrected chi connectivity index (χ2v) is 7.96. The van der Waals surface area contributed by atoms with Crippen LogP contribution >= 0.6 is 0 Å². The van der Waals surface area contributed by atoms with E-state index < -0.39 is 47.0 Å². The van der Waals surface area contributed by atoms with E-state index >= 15 is 0 Å². The van der Waals surface area contributed by atoms with Crippen molar-refractivity contribution in [2.45, 2.75) is 42.4 Å². The lowest BCUT2D eigenvalue weighted by Gasteiger charge is -2.19. The highest BCUT2D eigenvalue weighted by Crippen LogP contribution is 2.35. The minimum atomic E-state index is -4.40. The lowest BCUT2D eigenvalue weighted by Crippen LogP contribution is -2.39. The maximum Gasteiger partial charge on any atom is 0.389 e. The average Bonchev–Trinajstić information content (AvgIpc) is 2.90. The van der Waals surface area contributed by atoms with Crippen molar-refractivity contribution in [1.82, 2.24) is 9.62 Å². The summed E-state index contributed by atoms with van der Waals surface area (Å²) in [5.74, 6) is -0.457. The predicted molar refractivity (Wildman–Crippen MR) is 81.5 cm³/mol. The molecule has 10 heteroatoms. The van der Waals surface area contributed by atoms with Gasteiger partial charge in [0.15, 0.2) is 0 Å².